The molecule has 0 spiro atoms. The van der Waals surface area contributed by atoms with Gasteiger partial charge in [0.05, 0.1) is 12.2 Å². The average molecular weight is 140 g/mol. The molecule has 0 N–H and O–H groups in total. The summed E-state index contributed by atoms with van der Waals surface area (Å²) in [6.45, 7) is 0. The lowest BCUT2D eigenvalue weighted by atomic mass is 9.98. The van der Waals surface area contributed by atoms with Crippen molar-refractivity contribution in [3.8, 4) is 0 Å². The predicted octanol–water partition coefficient (Wildman–Crippen LogP) is 2.50. The fraction of sp³-hybridized carbons (Fsp3) is 1.00. The number of hydrogen-bond donors (Lipinski definition) is 0. The van der Waals surface area contributed by atoms with E-state index < -0.39 is 0 Å². The third-order valence-electron chi connectivity index (χ3n) is 2.46. The van der Waals surface area contributed by atoms with E-state index in [0.717, 1.165) is 0 Å². The van der Waals surface area contributed by atoms with E-state index in [9.17, 15) is 0 Å². The summed E-state index contributed by atoms with van der Waals surface area (Å²) >= 11 is 0. The molecular formula is C9H16O. The summed E-state index contributed by atoms with van der Waals surface area (Å²) in [5.74, 6) is 0. The smallest absolute Gasteiger partial charge is 0.0580 e. The van der Waals surface area contributed by atoms with Gasteiger partial charge >= 0.3 is 0 Å². The van der Waals surface area contributed by atoms with Gasteiger partial charge in [-0.25, -0.2) is 0 Å². The highest BCUT2D eigenvalue weighted by Crippen LogP contribution is 2.30. The maximum absolute atomic E-state index is 5.80. The van der Waals surface area contributed by atoms with E-state index in [0.29, 0.717) is 12.2 Å². The van der Waals surface area contributed by atoms with Crippen molar-refractivity contribution in [1.29, 1.82) is 0 Å². The zero-order valence-electron chi connectivity index (χ0n) is 6.51. The number of rotatable bonds is 2. The van der Waals surface area contributed by atoms with Crippen LogP contribution in [-0.2, 0) is 4.74 Å². The van der Waals surface area contributed by atoms with Crippen molar-refractivity contribution < 1.29 is 4.74 Å². The van der Waals surface area contributed by atoms with Crippen LogP contribution in [0.25, 0.3) is 0 Å². The van der Waals surface area contributed by atoms with Crippen molar-refractivity contribution in [2.75, 3.05) is 0 Å². The van der Waals surface area contributed by atoms with Gasteiger partial charge in [-0.3, -0.25) is 0 Å². The van der Waals surface area contributed by atoms with Crippen molar-refractivity contribution in [3.05, 3.63) is 0 Å². The molecule has 0 bridgehead atoms. The molecule has 2 rings (SSSR count). The molecule has 0 heterocycles. The molecule has 0 amide bonds. The summed E-state index contributed by atoms with van der Waals surface area (Å²) < 4.78 is 5.80. The van der Waals surface area contributed by atoms with E-state index in [1.807, 2.05) is 0 Å². The minimum Gasteiger partial charge on any atom is -0.375 e. The molecule has 58 valence electrons. The van der Waals surface area contributed by atoms with Crippen LogP contribution >= 0.6 is 0 Å². The first kappa shape index (κ1) is 6.66. The number of hydrogen-bond acceptors (Lipinski definition) is 1. The Balaban J connectivity index is 1.69. The van der Waals surface area contributed by atoms with Crippen molar-refractivity contribution in [2.24, 2.45) is 0 Å². The van der Waals surface area contributed by atoms with Crippen LogP contribution in [0.3, 0.4) is 0 Å². The molecule has 0 aliphatic heterocycles. The molecule has 0 aromatic carbocycles. The Bertz CT molecular complexity index is 101. The van der Waals surface area contributed by atoms with Gasteiger partial charge in [-0.2, -0.15) is 0 Å². The highest BCUT2D eigenvalue weighted by Gasteiger charge is 2.26. The standard InChI is InChI=1S/C9H16O/c1-2-4-8(5-3-1)10-9-6-7-9/h8-9H,1-7H2. The first-order valence-electron chi connectivity index (χ1n) is 4.60. The minimum atomic E-state index is 0.640. The Morgan fingerprint density at radius 1 is 0.700 bits per heavy atom. The summed E-state index contributed by atoms with van der Waals surface area (Å²) in [6.07, 6.45) is 10.9. The van der Waals surface area contributed by atoms with Gasteiger partial charge in [-0.05, 0) is 25.7 Å². The highest BCUT2D eigenvalue weighted by atomic mass is 16.5. The van der Waals surface area contributed by atoms with Gasteiger partial charge in [0.15, 0.2) is 0 Å². The first-order valence-corrected chi connectivity index (χ1v) is 4.60. The van der Waals surface area contributed by atoms with Crippen molar-refractivity contribution in [2.45, 2.75) is 57.2 Å². The molecule has 2 fully saturated rings. The van der Waals surface area contributed by atoms with Crippen LogP contribution in [0.1, 0.15) is 44.9 Å². The summed E-state index contributed by atoms with van der Waals surface area (Å²) in [5, 5.41) is 0. The molecule has 10 heavy (non-hydrogen) atoms. The quantitative estimate of drug-likeness (QED) is 0.572. The maximum Gasteiger partial charge on any atom is 0.0580 e. The normalized spacial score (nSPS) is 28.8. The molecule has 0 unspecified atom stereocenters. The van der Waals surface area contributed by atoms with Crippen LogP contribution in [0.15, 0.2) is 0 Å². The van der Waals surface area contributed by atoms with Gasteiger partial charge in [-0.15, -0.1) is 0 Å². The summed E-state index contributed by atoms with van der Waals surface area (Å²) in [5.41, 5.74) is 0. The Morgan fingerprint density at radius 2 is 1.30 bits per heavy atom. The van der Waals surface area contributed by atoms with Crippen LogP contribution in [-0.4, -0.2) is 12.2 Å². The van der Waals surface area contributed by atoms with Gasteiger partial charge in [0.25, 0.3) is 0 Å². The SMILES string of the molecule is C1CCC(OC2CC2)CC1. The molecule has 0 radical (unpaired) electrons. The Hall–Kier alpha value is -0.0400. The van der Waals surface area contributed by atoms with Gasteiger partial charge in [0.1, 0.15) is 0 Å². The van der Waals surface area contributed by atoms with E-state index in [2.05, 4.69) is 0 Å². The topological polar surface area (TPSA) is 9.23 Å². The predicted molar refractivity (Wildman–Crippen MR) is 41.0 cm³/mol. The first-order chi connectivity index (χ1) is 4.95. The van der Waals surface area contributed by atoms with Crippen LogP contribution in [0.4, 0.5) is 0 Å². The molecule has 1 nitrogen and oxygen atoms in total. The minimum absolute atomic E-state index is 0.640. The van der Waals surface area contributed by atoms with Gasteiger partial charge in [-0.1, -0.05) is 19.3 Å². The summed E-state index contributed by atoms with van der Waals surface area (Å²) in [6, 6.07) is 0. The van der Waals surface area contributed by atoms with E-state index in [-0.39, 0.29) is 0 Å². The van der Waals surface area contributed by atoms with Gasteiger partial charge in [0, 0.05) is 0 Å². The second-order valence-electron chi connectivity index (χ2n) is 3.60. The summed E-state index contributed by atoms with van der Waals surface area (Å²) in [4.78, 5) is 0. The zero-order chi connectivity index (χ0) is 6.81. The summed E-state index contributed by atoms with van der Waals surface area (Å²) in [7, 11) is 0. The van der Waals surface area contributed by atoms with Crippen LogP contribution in [0, 0.1) is 0 Å². The lowest BCUT2D eigenvalue weighted by Gasteiger charge is -2.21. The number of ether oxygens (including phenoxy) is 1. The fourth-order valence-electron chi connectivity index (χ4n) is 1.68. The highest BCUT2D eigenvalue weighted by molar-refractivity contribution is 4.76. The van der Waals surface area contributed by atoms with Crippen LogP contribution in [0.2, 0.25) is 0 Å². The lowest BCUT2D eigenvalue weighted by Crippen LogP contribution is -2.17. The molecule has 1 heteroatoms. The third kappa shape index (κ3) is 1.72. The molecule has 0 saturated heterocycles. The molecule has 2 aliphatic carbocycles. The second kappa shape index (κ2) is 2.91. The molecular weight excluding hydrogens is 124 g/mol. The van der Waals surface area contributed by atoms with Crippen LogP contribution in [0.5, 0.6) is 0 Å². The second-order valence-corrected chi connectivity index (χ2v) is 3.60. The largest absolute Gasteiger partial charge is 0.375 e. The Kier molecular flexibility index (Phi) is 1.94. The third-order valence-corrected chi connectivity index (χ3v) is 2.46. The Morgan fingerprint density at radius 3 is 1.90 bits per heavy atom. The van der Waals surface area contributed by atoms with E-state index in [4.69, 9.17) is 4.74 Å². The Labute approximate surface area is 62.8 Å². The van der Waals surface area contributed by atoms with Crippen molar-refractivity contribution in [3.63, 3.8) is 0 Å². The van der Waals surface area contributed by atoms with Gasteiger partial charge in [0.2, 0.25) is 0 Å². The monoisotopic (exact) mass is 140 g/mol. The van der Waals surface area contributed by atoms with Crippen molar-refractivity contribution in [1.82, 2.24) is 0 Å². The van der Waals surface area contributed by atoms with E-state index >= 15 is 0 Å². The van der Waals surface area contributed by atoms with E-state index in [1.165, 1.54) is 44.9 Å². The molecule has 2 saturated carbocycles. The molecule has 0 aromatic heterocycles. The lowest BCUT2D eigenvalue weighted by molar-refractivity contribution is 0.0165. The van der Waals surface area contributed by atoms with E-state index in [1.54, 1.807) is 0 Å². The molecule has 0 atom stereocenters. The van der Waals surface area contributed by atoms with Crippen molar-refractivity contribution >= 4 is 0 Å². The molecule has 2 aliphatic rings. The van der Waals surface area contributed by atoms with Crippen LogP contribution < -0.4 is 0 Å². The molecule has 0 aromatic rings. The average Bonchev–Trinajstić information content (AvgIpc) is 2.74. The zero-order valence-corrected chi connectivity index (χ0v) is 6.51. The maximum atomic E-state index is 5.80. The fourth-order valence-corrected chi connectivity index (χ4v) is 1.68. The van der Waals surface area contributed by atoms with Gasteiger partial charge < -0.3 is 4.74 Å².